The van der Waals surface area contributed by atoms with Gasteiger partial charge in [0.1, 0.15) is 0 Å². The highest BCUT2D eigenvalue weighted by molar-refractivity contribution is 5.86. The maximum absolute atomic E-state index is 12.8. The fourth-order valence-electron chi connectivity index (χ4n) is 3.53. The predicted octanol–water partition coefficient (Wildman–Crippen LogP) is 1.56. The number of likely N-dealkylation sites (tertiary alicyclic amines) is 1. The van der Waals surface area contributed by atoms with E-state index < -0.39 is 5.60 Å². The van der Waals surface area contributed by atoms with Crippen LogP contribution in [0.5, 0.6) is 0 Å². The highest BCUT2D eigenvalue weighted by Gasteiger charge is 2.43. The first-order valence-corrected chi connectivity index (χ1v) is 8.70. The summed E-state index contributed by atoms with van der Waals surface area (Å²) in [5.74, 6) is -0.126. The summed E-state index contributed by atoms with van der Waals surface area (Å²) in [6, 6.07) is 0. The van der Waals surface area contributed by atoms with Gasteiger partial charge in [0.15, 0.2) is 5.60 Å². The topological polar surface area (TPSA) is 61.6 Å². The second-order valence-corrected chi connectivity index (χ2v) is 8.51. The van der Waals surface area contributed by atoms with Crippen molar-refractivity contribution in [2.45, 2.75) is 52.7 Å². The van der Waals surface area contributed by atoms with E-state index in [4.69, 9.17) is 0 Å². The monoisotopic (exact) mass is 336 g/mol. The predicted molar refractivity (Wildman–Crippen MR) is 94.5 cm³/mol. The zero-order valence-electron chi connectivity index (χ0n) is 16.0. The van der Waals surface area contributed by atoms with E-state index in [1.807, 2.05) is 37.0 Å². The van der Waals surface area contributed by atoms with E-state index >= 15 is 0 Å². The normalized spacial score (nSPS) is 22.5. The van der Waals surface area contributed by atoms with Gasteiger partial charge in [0.2, 0.25) is 0 Å². The standard InChI is InChI=1S/C18H32N4O2/c1-14-15(11-21(6)19-14)10-20(5)13-18(24)8-7-9-22(16(18)23)12-17(2,3)4/h11,24H,7-10,12-13H2,1-6H3/t18-/m0/s1. The lowest BCUT2D eigenvalue weighted by molar-refractivity contribution is -0.160. The molecule has 1 saturated heterocycles. The molecule has 0 unspecified atom stereocenters. The van der Waals surface area contributed by atoms with Crippen LogP contribution in [0.1, 0.15) is 44.9 Å². The number of hydrogen-bond donors (Lipinski definition) is 1. The van der Waals surface area contributed by atoms with Crippen LogP contribution in [0.15, 0.2) is 6.20 Å². The van der Waals surface area contributed by atoms with Gasteiger partial charge in [-0.15, -0.1) is 0 Å². The van der Waals surface area contributed by atoms with E-state index in [0.717, 1.165) is 24.2 Å². The van der Waals surface area contributed by atoms with Gasteiger partial charge in [-0.1, -0.05) is 20.8 Å². The van der Waals surface area contributed by atoms with Crippen molar-refractivity contribution >= 4 is 5.91 Å². The number of aliphatic hydroxyl groups is 1. The van der Waals surface area contributed by atoms with Crippen LogP contribution in [0.3, 0.4) is 0 Å². The summed E-state index contributed by atoms with van der Waals surface area (Å²) in [5, 5.41) is 15.3. The number of aryl methyl sites for hydroxylation is 2. The Kier molecular flexibility index (Phi) is 5.40. The van der Waals surface area contributed by atoms with Gasteiger partial charge in [0, 0.05) is 45.0 Å². The molecule has 0 spiro atoms. The van der Waals surface area contributed by atoms with Crippen molar-refractivity contribution in [2.24, 2.45) is 12.5 Å². The van der Waals surface area contributed by atoms with Crippen molar-refractivity contribution in [1.82, 2.24) is 19.6 Å². The molecule has 2 heterocycles. The molecular formula is C18H32N4O2. The number of hydrogen-bond acceptors (Lipinski definition) is 4. The quantitative estimate of drug-likeness (QED) is 0.886. The highest BCUT2D eigenvalue weighted by atomic mass is 16.3. The second-order valence-electron chi connectivity index (χ2n) is 8.51. The number of nitrogens with zero attached hydrogens (tertiary/aromatic N) is 4. The van der Waals surface area contributed by atoms with Gasteiger partial charge in [-0.3, -0.25) is 14.4 Å². The molecule has 1 atom stereocenters. The first-order chi connectivity index (χ1) is 11.0. The summed E-state index contributed by atoms with van der Waals surface area (Å²) in [6.45, 7) is 10.8. The lowest BCUT2D eigenvalue weighted by atomic mass is 9.88. The van der Waals surface area contributed by atoms with Gasteiger partial charge in [-0.05, 0) is 32.2 Å². The first-order valence-electron chi connectivity index (χ1n) is 8.70. The molecule has 6 nitrogen and oxygen atoms in total. The van der Waals surface area contributed by atoms with Crippen molar-refractivity contribution in [1.29, 1.82) is 0 Å². The molecule has 1 aromatic heterocycles. The Bertz CT molecular complexity index is 590. The van der Waals surface area contributed by atoms with Crippen molar-refractivity contribution in [3.05, 3.63) is 17.5 Å². The fourth-order valence-corrected chi connectivity index (χ4v) is 3.53. The third kappa shape index (κ3) is 4.57. The average Bonchev–Trinajstić information content (AvgIpc) is 2.71. The maximum atomic E-state index is 12.8. The number of piperidine rings is 1. The molecule has 1 amide bonds. The molecule has 0 saturated carbocycles. The molecule has 0 bridgehead atoms. The summed E-state index contributed by atoms with van der Waals surface area (Å²) in [5.41, 5.74) is 0.861. The van der Waals surface area contributed by atoms with Gasteiger partial charge in [-0.2, -0.15) is 5.10 Å². The Morgan fingerprint density at radius 3 is 2.62 bits per heavy atom. The lowest BCUT2D eigenvalue weighted by Crippen LogP contribution is -2.59. The van der Waals surface area contributed by atoms with Crippen LogP contribution in [0.25, 0.3) is 0 Å². The Balaban J connectivity index is 2.03. The van der Waals surface area contributed by atoms with Crippen molar-refractivity contribution in [2.75, 3.05) is 26.7 Å². The van der Waals surface area contributed by atoms with Gasteiger partial charge in [0.05, 0.1) is 5.69 Å². The first kappa shape index (κ1) is 18.9. The molecule has 2 rings (SSSR count). The molecule has 1 N–H and O–H groups in total. The molecule has 0 aromatic carbocycles. The van der Waals surface area contributed by atoms with Gasteiger partial charge in [0.25, 0.3) is 5.91 Å². The molecule has 1 aliphatic heterocycles. The van der Waals surface area contributed by atoms with Crippen LogP contribution in [-0.4, -0.2) is 62.9 Å². The Labute approximate surface area is 145 Å². The largest absolute Gasteiger partial charge is 0.379 e. The summed E-state index contributed by atoms with van der Waals surface area (Å²) < 4.78 is 1.80. The van der Waals surface area contributed by atoms with Gasteiger partial charge in [-0.25, -0.2) is 0 Å². The van der Waals surface area contributed by atoms with E-state index in [0.29, 0.717) is 26.1 Å². The van der Waals surface area contributed by atoms with Gasteiger partial charge < -0.3 is 10.0 Å². The van der Waals surface area contributed by atoms with Crippen molar-refractivity contribution in [3.8, 4) is 0 Å². The number of aromatic nitrogens is 2. The Morgan fingerprint density at radius 2 is 2.08 bits per heavy atom. The van der Waals surface area contributed by atoms with Crippen LogP contribution in [-0.2, 0) is 18.4 Å². The van der Waals surface area contributed by atoms with Gasteiger partial charge >= 0.3 is 0 Å². The van der Waals surface area contributed by atoms with E-state index in [-0.39, 0.29) is 11.3 Å². The second kappa shape index (κ2) is 6.84. The third-order valence-corrected chi connectivity index (χ3v) is 4.46. The van der Waals surface area contributed by atoms with E-state index in [1.165, 1.54) is 0 Å². The zero-order valence-corrected chi connectivity index (χ0v) is 16.0. The third-order valence-electron chi connectivity index (χ3n) is 4.46. The molecule has 0 aliphatic carbocycles. The zero-order chi connectivity index (χ0) is 18.1. The highest BCUT2D eigenvalue weighted by Crippen LogP contribution is 2.27. The number of likely N-dealkylation sites (N-methyl/N-ethyl adjacent to an activating group) is 1. The lowest BCUT2D eigenvalue weighted by Gasteiger charge is -2.42. The smallest absolute Gasteiger partial charge is 0.255 e. The summed E-state index contributed by atoms with van der Waals surface area (Å²) in [6.07, 6.45) is 3.37. The fraction of sp³-hybridized carbons (Fsp3) is 0.778. The molecular weight excluding hydrogens is 304 g/mol. The van der Waals surface area contributed by atoms with Crippen LogP contribution >= 0.6 is 0 Å². The van der Waals surface area contributed by atoms with Crippen molar-refractivity contribution < 1.29 is 9.90 Å². The Morgan fingerprint density at radius 1 is 1.42 bits per heavy atom. The minimum atomic E-state index is -1.28. The molecule has 0 radical (unpaired) electrons. The van der Waals surface area contributed by atoms with E-state index in [2.05, 4.69) is 25.9 Å². The minimum absolute atomic E-state index is 0.0344. The maximum Gasteiger partial charge on any atom is 0.255 e. The SMILES string of the molecule is Cc1nn(C)cc1CN(C)C[C@@]1(O)CCCN(CC(C)(C)C)C1=O. The molecule has 1 fully saturated rings. The number of rotatable bonds is 5. The number of carbonyl (C=O) groups excluding carboxylic acids is 1. The molecule has 1 aliphatic rings. The van der Waals surface area contributed by atoms with E-state index in [1.54, 1.807) is 4.68 Å². The van der Waals surface area contributed by atoms with Crippen LogP contribution in [0, 0.1) is 12.3 Å². The van der Waals surface area contributed by atoms with E-state index in [9.17, 15) is 9.90 Å². The molecule has 136 valence electrons. The minimum Gasteiger partial charge on any atom is -0.379 e. The summed E-state index contributed by atoms with van der Waals surface area (Å²) >= 11 is 0. The van der Waals surface area contributed by atoms with Crippen LogP contribution in [0.2, 0.25) is 0 Å². The summed E-state index contributed by atoms with van der Waals surface area (Å²) in [4.78, 5) is 16.7. The summed E-state index contributed by atoms with van der Waals surface area (Å²) in [7, 11) is 3.85. The van der Waals surface area contributed by atoms with Crippen LogP contribution < -0.4 is 0 Å². The number of carbonyl (C=O) groups is 1. The number of amides is 1. The molecule has 6 heteroatoms. The van der Waals surface area contributed by atoms with Crippen molar-refractivity contribution in [3.63, 3.8) is 0 Å². The molecule has 1 aromatic rings. The Hall–Kier alpha value is -1.40. The average molecular weight is 336 g/mol. The van der Waals surface area contributed by atoms with Crippen LogP contribution in [0.4, 0.5) is 0 Å². The molecule has 24 heavy (non-hydrogen) atoms.